The number of benzene rings is 2. The number of nitrogens with one attached hydrogen (secondary N) is 2. The van der Waals surface area contributed by atoms with Crippen LogP contribution in [-0.4, -0.2) is 23.7 Å². The predicted molar refractivity (Wildman–Crippen MR) is 123 cm³/mol. The van der Waals surface area contributed by atoms with Crippen LogP contribution in [0.5, 0.6) is 0 Å². The second kappa shape index (κ2) is 8.92. The molecule has 5 nitrogen and oxygen atoms in total. The highest BCUT2D eigenvalue weighted by Gasteiger charge is 2.15. The molecular formula is C23H19BN4OS. The van der Waals surface area contributed by atoms with E-state index in [-0.39, 0.29) is 11.9 Å². The molecule has 0 spiro atoms. The minimum atomic E-state index is -0.102. The molecule has 4 rings (SSSR count). The molecule has 30 heavy (non-hydrogen) atoms. The van der Waals surface area contributed by atoms with E-state index < -0.39 is 0 Å². The fourth-order valence-corrected chi connectivity index (χ4v) is 3.87. The lowest BCUT2D eigenvalue weighted by atomic mass is 9.96. The molecule has 0 saturated carbocycles. The molecule has 2 radical (unpaired) electrons. The van der Waals surface area contributed by atoms with Crippen molar-refractivity contribution in [2.45, 2.75) is 13.0 Å². The maximum absolute atomic E-state index is 12.7. The van der Waals surface area contributed by atoms with Crippen molar-refractivity contribution in [3.05, 3.63) is 89.4 Å². The molecule has 2 heterocycles. The summed E-state index contributed by atoms with van der Waals surface area (Å²) in [6.45, 7) is 1.97. The normalized spacial score (nSPS) is 11.6. The number of carbonyl (C=O) groups excluding carboxylic acids is 1. The Morgan fingerprint density at radius 2 is 1.87 bits per heavy atom. The van der Waals surface area contributed by atoms with E-state index in [1.54, 1.807) is 6.20 Å². The summed E-state index contributed by atoms with van der Waals surface area (Å²) in [7, 11) is 5.82. The van der Waals surface area contributed by atoms with Crippen LogP contribution in [0.15, 0.2) is 79.0 Å². The Morgan fingerprint density at radius 3 is 2.67 bits per heavy atom. The maximum Gasteiger partial charge on any atom is 0.261 e. The topological polar surface area (TPSA) is 66.9 Å². The van der Waals surface area contributed by atoms with Gasteiger partial charge in [-0.2, -0.15) is 0 Å². The first-order valence-electron chi connectivity index (χ1n) is 9.50. The number of nitrogens with zero attached hydrogens (tertiary/aromatic N) is 2. The quantitative estimate of drug-likeness (QED) is 0.467. The van der Waals surface area contributed by atoms with E-state index in [0.717, 1.165) is 21.8 Å². The van der Waals surface area contributed by atoms with Gasteiger partial charge in [0.1, 0.15) is 7.85 Å². The highest BCUT2D eigenvalue weighted by Crippen LogP contribution is 2.28. The smallest absolute Gasteiger partial charge is 0.261 e. The Bertz CT molecular complexity index is 1160. The second-order valence-corrected chi connectivity index (χ2v) is 7.87. The number of hydrogen-bond donors (Lipinski definition) is 2. The molecule has 1 atom stereocenters. The van der Waals surface area contributed by atoms with Gasteiger partial charge >= 0.3 is 0 Å². The van der Waals surface area contributed by atoms with E-state index in [9.17, 15) is 4.79 Å². The van der Waals surface area contributed by atoms with Crippen LogP contribution in [0.4, 0.5) is 11.6 Å². The number of aromatic nitrogens is 2. The van der Waals surface area contributed by atoms with Crippen LogP contribution in [0.2, 0.25) is 0 Å². The fourth-order valence-electron chi connectivity index (χ4n) is 2.99. The van der Waals surface area contributed by atoms with Gasteiger partial charge in [-0.1, -0.05) is 47.9 Å². The molecule has 2 aromatic heterocycles. The lowest BCUT2D eigenvalue weighted by Crippen LogP contribution is -2.25. The highest BCUT2D eigenvalue weighted by molar-refractivity contribution is 7.17. The van der Waals surface area contributed by atoms with Crippen LogP contribution >= 0.6 is 11.3 Å². The van der Waals surface area contributed by atoms with E-state index in [0.29, 0.717) is 16.3 Å². The molecule has 0 bridgehead atoms. The largest absolute Gasteiger partial charge is 0.345 e. The third-order valence-corrected chi connectivity index (χ3v) is 5.63. The minimum absolute atomic E-state index is 0.0718. The van der Waals surface area contributed by atoms with E-state index in [4.69, 9.17) is 7.85 Å². The van der Waals surface area contributed by atoms with Gasteiger partial charge in [-0.3, -0.25) is 4.79 Å². The third kappa shape index (κ3) is 4.75. The minimum Gasteiger partial charge on any atom is -0.345 e. The molecule has 4 aromatic rings. The van der Waals surface area contributed by atoms with Crippen LogP contribution in [-0.2, 0) is 0 Å². The molecule has 2 aromatic carbocycles. The van der Waals surface area contributed by atoms with Gasteiger partial charge in [0, 0.05) is 11.9 Å². The van der Waals surface area contributed by atoms with Crippen molar-refractivity contribution in [2.24, 2.45) is 0 Å². The Kier molecular flexibility index (Phi) is 5.91. The molecular weight excluding hydrogens is 391 g/mol. The zero-order chi connectivity index (χ0) is 20.9. The molecule has 146 valence electrons. The maximum atomic E-state index is 12.7. The first-order valence-corrected chi connectivity index (χ1v) is 10.3. The molecule has 0 aliphatic heterocycles. The van der Waals surface area contributed by atoms with Crippen LogP contribution in [0, 0.1) is 0 Å². The van der Waals surface area contributed by atoms with Crippen molar-refractivity contribution in [1.82, 2.24) is 15.3 Å². The fraction of sp³-hybridized carbons (Fsp3) is 0.0870. The molecule has 0 saturated heterocycles. The Balaban J connectivity index is 1.47. The Morgan fingerprint density at radius 1 is 1.03 bits per heavy atom. The molecule has 2 N–H and O–H groups in total. The number of hydrogen-bond acceptors (Lipinski definition) is 5. The van der Waals surface area contributed by atoms with E-state index >= 15 is 0 Å². The van der Waals surface area contributed by atoms with Crippen molar-refractivity contribution in [2.75, 3.05) is 5.32 Å². The summed E-state index contributed by atoms with van der Waals surface area (Å²) in [4.78, 5) is 23.0. The number of carbonyl (C=O) groups is 1. The second-order valence-electron chi connectivity index (χ2n) is 6.79. The van der Waals surface area contributed by atoms with Crippen molar-refractivity contribution in [3.8, 4) is 10.6 Å². The summed E-state index contributed by atoms with van der Waals surface area (Å²) in [6, 6.07) is 22.8. The van der Waals surface area contributed by atoms with E-state index in [1.807, 2.05) is 79.7 Å². The summed E-state index contributed by atoms with van der Waals surface area (Å²) in [5.74, 6) is 0.366. The predicted octanol–water partition coefficient (Wildman–Crippen LogP) is 4.23. The Labute approximate surface area is 180 Å². The molecule has 1 unspecified atom stereocenters. The summed E-state index contributed by atoms with van der Waals surface area (Å²) in [5, 5.41) is 6.19. The van der Waals surface area contributed by atoms with Crippen molar-refractivity contribution >= 4 is 42.2 Å². The summed E-state index contributed by atoms with van der Waals surface area (Å²) < 4.78 is 0. The average molecular weight is 410 g/mol. The first-order chi connectivity index (χ1) is 14.6. The lowest BCUT2D eigenvalue weighted by Gasteiger charge is -2.13. The summed E-state index contributed by atoms with van der Waals surface area (Å²) in [6.07, 6.45) is 1.69. The first kappa shape index (κ1) is 19.9. The van der Waals surface area contributed by atoms with E-state index in [2.05, 4.69) is 20.6 Å². The van der Waals surface area contributed by atoms with Crippen LogP contribution in [0.25, 0.3) is 10.6 Å². The third-order valence-electron chi connectivity index (χ3n) is 4.53. The summed E-state index contributed by atoms with van der Waals surface area (Å²) >= 11 is 1.40. The van der Waals surface area contributed by atoms with Gasteiger partial charge in [0.05, 0.1) is 21.5 Å². The molecule has 7 heteroatoms. The lowest BCUT2D eigenvalue weighted by molar-refractivity contribution is 0.0944. The standard InChI is InChI=1S/C23H19BN4OS/c1-15(16-6-3-2-4-7-16)26-22(29)21-11-10-20(30-21)19-12-13-25-23(28-19)27-18-9-5-8-17(24)14-18/h2-15H,1H3,(H,26,29)(H,25,27,28). The molecule has 1 amide bonds. The zero-order valence-electron chi connectivity index (χ0n) is 16.4. The molecule has 0 aliphatic carbocycles. The zero-order valence-corrected chi connectivity index (χ0v) is 17.2. The van der Waals surface area contributed by atoms with Crippen LogP contribution < -0.4 is 16.1 Å². The van der Waals surface area contributed by atoms with Crippen LogP contribution in [0.1, 0.15) is 28.2 Å². The average Bonchev–Trinajstić information content (AvgIpc) is 3.25. The number of rotatable bonds is 6. The van der Waals surface area contributed by atoms with Crippen molar-refractivity contribution < 1.29 is 4.79 Å². The monoisotopic (exact) mass is 410 g/mol. The summed E-state index contributed by atoms with van der Waals surface area (Å²) in [5.41, 5.74) is 3.29. The number of thiophene rings is 1. The van der Waals surface area contributed by atoms with Gasteiger partial charge in [0.25, 0.3) is 5.91 Å². The van der Waals surface area contributed by atoms with Crippen LogP contribution in [0.3, 0.4) is 0 Å². The molecule has 0 aliphatic rings. The Hall–Kier alpha value is -3.45. The molecule has 0 fully saturated rings. The van der Waals surface area contributed by atoms with Gasteiger partial charge in [0.2, 0.25) is 5.95 Å². The van der Waals surface area contributed by atoms with Gasteiger partial charge in [-0.25, -0.2) is 9.97 Å². The van der Waals surface area contributed by atoms with E-state index in [1.165, 1.54) is 11.3 Å². The van der Waals surface area contributed by atoms with Crippen molar-refractivity contribution in [1.29, 1.82) is 0 Å². The van der Waals surface area contributed by atoms with Gasteiger partial charge in [-0.15, -0.1) is 11.3 Å². The van der Waals surface area contributed by atoms with Gasteiger partial charge in [-0.05, 0) is 42.8 Å². The van der Waals surface area contributed by atoms with Gasteiger partial charge < -0.3 is 10.6 Å². The number of anilines is 2. The van der Waals surface area contributed by atoms with Gasteiger partial charge in [0.15, 0.2) is 0 Å². The highest BCUT2D eigenvalue weighted by atomic mass is 32.1. The van der Waals surface area contributed by atoms with Crippen molar-refractivity contribution in [3.63, 3.8) is 0 Å². The number of amides is 1. The SMILES string of the molecule is [B]c1cccc(Nc2nccc(-c3ccc(C(=O)NC(C)c4ccccc4)s3)n2)c1.